The van der Waals surface area contributed by atoms with Crippen LogP contribution in [0.5, 0.6) is 0 Å². The number of rotatable bonds is 7. The smallest absolute Gasteiger partial charge is 0.211 e. The molecular weight excluding hydrogens is 258 g/mol. The molecule has 0 fully saturated rings. The summed E-state index contributed by atoms with van der Waals surface area (Å²) < 4.78 is 25.6. The van der Waals surface area contributed by atoms with Gasteiger partial charge in [-0.3, -0.25) is 0 Å². The van der Waals surface area contributed by atoms with Crippen molar-refractivity contribution >= 4 is 21.6 Å². The number of halogens is 1. The van der Waals surface area contributed by atoms with E-state index in [9.17, 15) is 8.42 Å². The second-order valence-corrected chi connectivity index (χ2v) is 6.31. The fraction of sp³-hybridized carbons (Fsp3) is 0.500. The van der Waals surface area contributed by atoms with E-state index < -0.39 is 10.0 Å². The van der Waals surface area contributed by atoms with E-state index >= 15 is 0 Å². The van der Waals surface area contributed by atoms with E-state index in [4.69, 9.17) is 11.6 Å². The molecular formula is C12H18ClNO2S. The predicted molar refractivity (Wildman–Crippen MR) is 71.9 cm³/mol. The van der Waals surface area contributed by atoms with Gasteiger partial charge in [0, 0.05) is 11.6 Å². The summed E-state index contributed by atoms with van der Waals surface area (Å²) in [5.74, 6) is 0.207. The molecule has 3 nitrogen and oxygen atoms in total. The van der Waals surface area contributed by atoms with Crippen LogP contribution in [-0.4, -0.2) is 20.7 Å². The molecule has 0 amide bonds. The first-order valence-electron chi connectivity index (χ1n) is 5.75. The van der Waals surface area contributed by atoms with Crippen molar-refractivity contribution < 1.29 is 8.42 Å². The number of hydrogen-bond acceptors (Lipinski definition) is 2. The molecule has 1 N–H and O–H groups in total. The maximum atomic E-state index is 11.5. The van der Waals surface area contributed by atoms with Crippen molar-refractivity contribution in [2.45, 2.75) is 26.2 Å². The van der Waals surface area contributed by atoms with Crippen LogP contribution in [0.4, 0.5) is 0 Å². The van der Waals surface area contributed by atoms with Crippen LogP contribution in [0.1, 0.15) is 25.3 Å². The van der Waals surface area contributed by atoms with E-state index in [2.05, 4.69) is 4.72 Å². The topological polar surface area (TPSA) is 46.2 Å². The number of sulfonamides is 1. The number of nitrogens with one attached hydrogen (secondary N) is 1. The van der Waals surface area contributed by atoms with Crippen LogP contribution in [-0.2, 0) is 16.4 Å². The number of unbranched alkanes of at least 4 members (excludes halogenated alkanes) is 1. The van der Waals surface area contributed by atoms with Gasteiger partial charge in [0.2, 0.25) is 10.0 Å². The molecule has 0 atom stereocenters. The molecule has 0 aliphatic carbocycles. The van der Waals surface area contributed by atoms with Gasteiger partial charge in [-0.1, -0.05) is 37.1 Å². The SMILES string of the molecule is CCCCS(=O)(=O)NCCc1cccc(Cl)c1. The molecule has 0 spiro atoms. The summed E-state index contributed by atoms with van der Waals surface area (Å²) in [5, 5.41) is 0.677. The van der Waals surface area contributed by atoms with Crippen LogP contribution in [0.3, 0.4) is 0 Å². The molecule has 0 heterocycles. The lowest BCUT2D eigenvalue weighted by molar-refractivity contribution is 0.578. The van der Waals surface area contributed by atoms with E-state index in [0.717, 1.165) is 12.0 Å². The third kappa shape index (κ3) is 6.05. The summed E-state index contributed by atoms with van der Waals surface area (Å²) in [6, 6.07) is 7.45. The lowest BCUT2D eigenvalue weighted by Gasteiger charge is -2.06. The first kappa shape index (κ1) is 14.5. The minimum Gasteiger partial charge on any atom is -0.215 e. The van der Waals surface area contributed by atoms with Gasteiger partial charge in [-0.05, 0) is 30.5 Å². The maximum absolute atomic E-state index is 11.5. The average Bonchev–Trinajstić information content (AvgIpc) is 2.26. The van der Waals surface area contributed by atoms with Gasteiger partial charge in [0.15, 0.2) is 0 Å². The molecule has 5 heteroatoms. The van der Waals surface area contributed by atoms with Crippen LogP contribution >= 0.6 is 11.6 Å². The van der Waals surface area contributed by atoms with Crippen LogP contribution in [0.15, 0.2) is 24.3 Å². The second kappa shape index (κ2) is 6.99. The number of benzene rings is 1. The Kier molecular flexibility index (Phi) is 5.95. The molecule has 0 unspecified atom stereocenters. The molecule has 0 bridgehead atoms. The Morgan fingerprint density at radius 3 is 2.76 bits per heavy atom. The summed E-state index contributed by atoms with van der Waals surface area (Å²) in [7, 11) is -3.11. The van der Waals surface area contributed by atoms with Crippen molar-refractivity contribution in [3.05, 3.63) is 34.9 Å². The van der Waals surface area contributed by atoms with Crippen molar-refractivity contribution in [3.63, 3.8) is 0 Å². The predicted octanol–water partition coefficient (Wildman–Crippen LogP) is 2.60. The third-order valence-electron chi connectivity index (χ3n) is 2.39. The first-order valence-corrected chi connectivity index (χ1v) is 7.78. The van der Waals surface area contributed by atoms with Gasteiger partial charge in [0.25, 0.3) is 0 Å². The highest BCUT2D eigenvalue weighted by Crippen LogP contribution is 2.10. The van der Waals surface area contributed by atoms with Gasteiger partial charge >= 0.3 is 0 Å². The highest BCUT2D eigenvalue weighted by atomic mass is 35.5. The normalized spacial score (nSPS) is 11.6. The van der Waals surface area contributed by atoms with Crippen LogP contribution in [0.2, 0.25) is 5.02 Å². The van der Waals surface area contributed by atoms with Gasteiger partial charge in [-0.2, -0.15) is 0 Å². The standard InChI is InChI=1S/C12H18ClNO2S/c1-2-3-9-17(15,16)14-8-7-11-5-4-6-12(13)10-11/h4-6,10,14H,2-3,7-9H2,1H3. The quantitative estimate of drug-likeness (QED) is 0.831. The lowest BCUT2D eigenvalue weighted by atomic mass is 10.2. The largest absolute Gasteiger partial charge is 0.215 e. The third-order valence-corrected chi connectivity index (χ3v) is 4.10. The van der Waals surface area contributed by atoms with E-state index in [1.54, 1.807) is 6.07 Å². The summed E-state index contributed by atoms with van der Waals surface area (Å²) in [6.07, 6.45) is 2.24. The van der Waals surface area contributed by atoms with Crippen LogP contribution in [0, 0.1) is 0 Å². The molecule has 1 aromatic carbocycles. The first-order chi connectivity index (χ1) is 8.03. The Labute approximate surface area is 108 Å². The zero-order valence-corrected chi connectivity index (χ0v) is 11.5. The summed E-state index contributed by atoms with van der Waals surface area (Å²) >= 11 is 5.84. The minimum absolute atomic E-state index is 0.207. The van der Waals surface area contributed by atoms with Gasteiger partial charge in [0.05, 0.1) is 5.75 Å². The summed E-state index contributed by atoms with van der Waals surface area (Å²) in [6.45, 7) is 2.40. The van der Waals surface area contributed by atoms with Crippen LogP contribution in [0.25, 0.3) is 0 Å². The van der Waals surface area contributed by atoms with Gasteiger partial charge < -0.3 is 0 Å². The molecule has 0 saturated carbocycles. The van der Waals surface area contributed by atoms with Crippen molar-refractivity contribution in [2.75, 3.05) is 12.3 Å². The van der Waals surface area contributed by atoms with E-state index in [-0.39, 0.29) is 5.75 Å². The fourth-order valence-corrected chi connectivity index (χ4v) is 2.89. The molecule has 0 saturated heterocycles. The molecule has 0 aliphatic rings. The summed E-state index contributed by atoms with van der Waals surface area (Å²) in [4.78, 5) is 0. The zero-order valence-electron chi connectivity index (χ0n) is 9.95. The van der Waals surface area contributed by atoms with E-state index in [1.165, 1.54) is 0 Å². The Balaban J connectivity index is 2.37. The molecule has 1 rings (SSSR count). The highest BCUT2D eigenvalue weighted by Gasteiger charge is 2.08. The van der Waals surface area contributed by atoms with E-state index in [1.807, 2.05) is 25.1 Å². The Morgan fingerprint density at radius 2 is 2.12 bits per heavy atom. The Hall–Kier alpha value is -0.580. The minimum atomic E-state index is -3.11. The molecule has 0 radical (unpaired) electrons. The second-order valence-electron chi connectivity index (χ2n) is 3.95. The van der Waals surface area contributed by atoms with Gasteiger partial charge in [-0.25, -0.2) is 13.1 Å². The van der Waals surface area contributed by atoms with E-state index in [0.29, 0.717) is 24.4 Å². The summed E-state index contributed by atoms with van der Waals surface area (Å²) in [5.41, 5.74) is 1.04. The fourth-order valence-electron chi connectivity index (χ4n) is 1.45. The Morgan fingerprint density at radius 1 is 1.35 bits per heavy atom. The Bertz CT molecular complexity index is 446. The molecule has 0 aromatic heterocycles. The molecule has 96 valence electrons. The highest BCUT2D eigenvalue weighted by molar-refractivity contribution is 7.89. The van der Waals surface area contributed by atoms with Crippen LogP contribution < -0.4 is 4.72 Å². The van der Waals surface area contributed by atoms with Crippen molar-refractivity contribution in [2.24, 2.45) is 0 Å². The molecule has 1 aromatic rings. The van der Waals surface area contributed by atoms with Crippen molar-refractivity contribution in [1.82, 2.24) is 4.72 Å². The monoisotopic (exact) mass is 275 g/mol. The molecule has 0 aliphatic heterocycles. The number of hydrogen-bond donors (Lipinski definition) is 1. The van der Waals surface area contributed by atoms with Gasteiger partial charge in [-0.15, -0.1) is 0 Å². The van der Waals surface area contributed by atoms with Gasteiger partial charge in [0.1, 0.15) is 0 Å². The lowest BCUT2D eigenvalue weighted by Crippen LogP contribution is -2.28. The molecule has 17 heavy (non-hydrogen) atoms. The average molecular weight is 276 g/mol. The van der Waals surface area contributed by atoms with Crippen molar-refractivity contribution in [3.8, 4) is 0 Å². The zero-order chi connectivity index (χ0) is 12.7. The van der Waals surface area contributed by atoms with Crippen molar-refractivity contribution in [1.29, 1.82) is 0 Å². The maximum Gasteiger partial charge on any atom is 0.211 e.